The van der Waals surface area contributed by atoms with Crippen molar-refractivity contribution < 1.29 is 18.1 Å². The van der Waals surface area contributed by atoms with Crippen LogP contribution in [-0.4, -0.2) is 56.9 Å². The first kappa shape index (κ1) is 20.3. The van der Waals surface area contributed by atoms with E-state index in [-0.39, 0.29) is 23.9 Å². The number of amides is 1. The Kier molecular flexibility index (Phi) is 7.06. The van der Waals surface area contributed by atoms with Crippen LogP contribution in [0.1, 0.15) is 24.8 Å². The third-order valence-corrected chi connectivity index (χ3v) is 5.66. The van der Waals surface area contributed by atoms with Crippen LogP contribution in [0.15, 0.2) is 23.1 Å². The first-order valence-electron chi connectivity index (χ1n) is 8.53. The zero-order chi connectivity index (χ0) is 19.2. The SMILES string of the molecule is Cc1ccc(S(=O)(=O)NCCNC(=O)CN2CCCCC2)c([N+](=O)[O-])c1. The van der Waals surface area contributed by atoms with Crippen LogP contribution >= 0.6 is 0 Å². The van der Waals surface area contributed by atoms with E-state index >= 15 is 0 Å². The molecule has 26 heavy (non-hydrogen) atoms. The van der Waals surface area contributed by atoms with E-state index in [2.05, 4.69) is 14.9 Å². The standard InChI is InChI=1S/C16H24N4O5S/c1-13-5-6-15(14(11-13)20(22)23)26(24,25)18-8-7-17-16(21)12-19-9-3-2-4-10-19/h5-6,11,18H,2-4,7-10,12H2,1H3,(H,17,21). The van der Waals surface area contributed by atoms with Gasteiger partial charge in [0, 0.05) is 19.2 Å². The summed E-state index contributed by atoms with van der Waals surface area (Å²) in [4.78, 5) is 23.9. The van der Waals surface area contributed by atoms with Gasteiger partial charge in [0.1, 0.15) is 0 Å². The minimum absolute atomic E-state index is 0.0426. The predicted octanol–water partition coefficient (Wildman–Crippen LogP) is 0.784. The van der Waals surface area contributed by atoms with Crippen LogP contribution < -0.4 is 10.0 Å². The van der Waals surface area contributed by atoms with Crippen molar-refractivity contribution in [3.63, 3.8) is 0 Å². The highest BCUT2D eigenvalue weighted by atomic mass is 32.2. The molecule has 1 amide bonds. The zero-order valence-electron chi connectivity index (χ0n) is 14.7. The number of nitro groups is 1. The summed E-state index contributed by atoms with van der Waals surface area (Å²) in [6.45, 7) is 3.82. The molecule has 2 N–H and O–H groups in total. The minimum atomic E-state index is -4.03. The lowest BCUT2D eigenvalue weighted by atomic mass is 10.1. The molecular formula is C16H24N4O5S. The average Bonchev–Trinajstić information content (AvgIpc) is 2.59. The normalized spacial score (nSPS) is 15.6. The van der Waals surface area contributed by atoms with Crippen LogP contribution in [0.25, 0.3) is 0 Å². The van der Waals surface area contributed by atoms with E-state index in [0.717, 1.165) is 25.9 Å². The van der Waals surface area contributed by atoms with Crippen molar-refractivity contribution >= 4 is 21.6 Å². The van der Waals surface area contributed by atoms with E-state index in [1.807, 2.05) is 0 Å². The highest BCUT2D eigenvalue weighted by Crippen LogP contribution is 2.24. The van der Waals surface area contributed by atoms with Crippen LogP contribution in [-0.2, 0) is 14.8 Å². The van der Waals surface area contributed by atoms with Crippen LogP contribution in [0.3, 0.4) is 0 Å². The number of aryl methyl sites for hydroxylation is 1. The highest BCUT2D eigenvalue weighted by Gasteiger charge is 2.25. The number of hydrogen-bond acceptors (Lipinski definition) is 6. The summed E-state index contributed by atoms with van der Waals surface area (Å²) in [5.41, 5.74) is 0.132. The largest absolute Gasteiger partial charge is 0.354 e. The van der Waals surface area contributed by atoms with E-state index in [0.29, 0.717) is 12.1 Å². The van der Waals surface area contributed by atoms with Gasteiger partial charge < -0.3 is 5.32 Å². The first-order chi connectivity index (χ1) is 12.3. The maximum absolute atomic E-state index is 12.3. The molecule has 10 heteroatoms. The van der Waals surface area contributed by atoms with Gasteiger partial charge in [0.2, 0.25) is 15.9 Å². The monoisotopic (exact) mass is 384 g/mol. The van der Waals surface area contributed by atoms with Crippen molar-refractivity contribution in [3.05, 3.63) is 33.9 Å². The molecule has 2 rings (SSSR count). The fraction of sp³-hybridized carbons (Fsp3) is 0.562. The molecule has 1 fully saturated rings. The third-order valence-electron chi connectivity index (χ3n) is 4.16. The number of nitro benzene ring substituents is 1. The smallest absolute Gasteiger partial charge is 0.289 e. The van der Waals surface area contributed by atoms with Gasteiger partial charge in [0.25, 0.3) is 5.69 Å². The van der Waals surface area contributed by atoms with Crippen molar-refractivity contribution in [2.45, 2.75) is 31.1 Å². The molecular weight excluding hydrogens is 360 g/mol. The lowest BCUT2D eigenvalue weighted by Gasteiger charge is -2.25. The highest BCUT2D eigenvalue weighted by molar-refractivity contribution is 7.89. The molecule has 144 valence electrons. The lowest BCUT2D eigenvalue weighted by Crippen LogP contribution is -2.42. The first-order valence-corrected chi connectivity index (χ1v) is 10.0. The topological polar surface area (TPSA) is 122 Å². The zero-order valence-corrected chi connectivity index (χ0v) is 15.5. The number of carbonyl (C=O) groups is 1. The number of rotatable bonds is 8. The van der Waals surface area contributed by atoms with Gasteiger partial charge in [-0.3, -0.25) is 19.8 Å². The number of nitrogens with zero attached hydrogens (tertiary/aromatic N) is 2. The maximum Gasteiger partial charge on any atom is 0.289 e. The van der Waals surface area contributed by atoms with E-state index < -0.39 is 20.6 Å². The number of sulfonamides is 1. The maximum atomic E-state index is 12.3. The Hall–Kier alpha value is -2.04. The summed E-state index contributed by atoms with van der Waals surface area (Å²) in [5, 5.41) is 13.7. The number of nitrogens with one attached hydrogen (secondary N) is 2. The Bertz CT molecular complexity index is 760. The van der Waals surface area contributed by atoms with E-state index in [1.165, 1.54) is 24.6 Å². The van der Waals surface area contributed by atoms with Crippen molar-refractivity contribution in [3.8, 4) is 0 Å². The summed E-state index contributed by atoms with van der Waals surface area (Å²) in [7, 11) is -4.03. The molecule has 0 bridgehead atoms. The van der Waals surface area contributed by atoms with E-state index in [4.69, 9.17) is 0 Å². The molecule has 1 aromatic rings. The molecule has 1 heterocycles. The Balaban J connectivity index is 1.85. The Morgan fingerprint density at radius 3 is 2.58 bits per heavy atom. The quantitative estimate of drug-likeness (QED) is 0.388. The van der Waals surface area contributed by atoms with Gasteiger partial charge in [0.05, 0.1) is 11.5 Å². The molecule has 1 aromatic carbocycles. The van der Waals surface area contributed by atoms with Crippen LogP contribution in [0.4, 0.5) is 5.69 Å². The fourth-order valence-electron chi connectivity index (χ4n) is 2.84. The molecule has 0 spiro atoms. The molecule has 9 nitrogen and oxygen atoms in total. The lowest BCUT2D eigenvalue weighted by molar-refractivity contribution is -0.387. The molecule has 0 aromatic heterocycles. The molecule has 1 aliphatic heterocycles. The van der Waals surface area contributed by atoms with Crippen molar-refractivity contribution in [1.29, 1.82) is 0 Å². The van der Waals surface area contributed by atoms with E-state index in [1.54, 1.807) is 6.92 Å². The second kappa shape index (κ2) is 9.06. The van der Waals surface area contributed by atoms with Gasteiger partial charge >= 0.3 is 0 Å². The minimum Gasteiger partial charge on any atom is -0.354 e. The van der Waals surface area contributed by atoms with Crippen LogP contribution in [0, 0.1) is 17.0 Å². The number of benzene rings is 1. The third kappa shape index (κ3) is 5.75. The number of hydrogen-bond donors (Lipinski definition) is 2. The summed E-state index contributed by atoms with van der Waals surface area (Å²) >= 11 is 0. The van der Waals surface area contributed by atoms with E-state index in [9.17, 15) is 23.3 Å². The fourth-order valence-corrected chi connectivity index (χ4v) is 4.02. The van der Waals surface area contributed by atoms with Gasteiger partial charge in [-0.25, -0.2) is 13.1 Å². The summed E-state index contributed by atoms with van der Waals surface area (Å²) in [6, 6.07) is 3.93. The number of likely N-dealkylation sites (tertiary alicyclic amines) is 1. The summed E-state index contributed by atoms with van der Waals surface area (Å²) in [5.74, 6) is -0.160. The number of carbonyl (C=O) groups excluding carboxylic acids is 1. The van der Waals surface area contributed by atoms with Crippen LogP contribution in [0.5, 0.6) is 0 Å². The van der Waals surface area contributed by atoms with Gasteiger partial charge in [-0.2, -0.15) is 0 Å². The Morgan fingerprint density at radius 2 is 1.92 bits per heavy atom. The number of piperidine rings is 1. The molecule has 1 saturated heterocycles. The van der Waals surface area contributed by atoms with Crippen molar-refractivity contribution in [2.24, 2.45) is 0 Å². The Labute approximate surface area is 153 Å². The van der Waals surface area contributed by atoms with Gasteiger partial charge in [-0.05, 0) is 44.5 Å². The molecule has 0 saturated carbocycles. The molecule has 0 atom stereocenters. The molecule has 0 aliphatic carbocycles. The van der Waals surface area contributed by atoms with Gasteiger partial charge in [0.15, 0.2) is 4.90 Å². The Morgan fingerprint density at radius 1 is 1.23 bits per heavy atom. The molecule has 0 unspecified atom stereocenters. The molecule has 0 radical (unpaired) electrons. The molecule has 1 aliphatic rings. The van der Waals surface area contributed by atoms with Gasteiger partial charge in [-0.15, -0.1) is 0 Å². The predicted molar refractivity (Wildman–Crippen MR) is 96.3 cm³/mol. The van der Waals surface area contributed by atoms with Gasteiger partial charge in [-0.1, -0.05) is 12.5 Å². The average molecular weight is 384 g/mol. The van der Waals surface area contributed by atoms with Crippen molar-refractivity contribution in [2.75, 3.05) is 32.7 Å². The second-order valence-electron chi connectivity index (χ2n) is 6.31. The summed E-state index contributed by atoms with van der Waals surface area (Å²) in [6.07, 6.45) is 3.36. The summed E-state index contributed by atoms with van der Waals surface area (Å²) < 4.78 is 26.9. The van der Waals surface area contributed by atoms with Crippen molar-refractivity contribution in [1.82, 2.24) is 14.9 Å². The second-order valence-corrected chi connectivity index (χ2v) is 8.05. The van der Waals surface area contributed by atoms with Crippen LogP contribution in [0.2, 0.25) is 0 Å².